The first-order valence-electron chi connectivity index (χ1n) is 10.8. The third-order valence-electron chi connectivity index (χ3n) is 5.21. The number of rotatable bonds is 8. The number of benzene rings is 2. The molecule has 0 aliphatic heterocycles. The van der Waals surface area contributed by atoms with Gasteiger partial charge in [-0.3, -0.25) is 4.79 Å². The predicted octanol–water partition coefficient (Wildman–Crippen LogP) is 4.95. The second kappa shape index (κ2) is 10.3. The minimum Gasteiger partial charge on any atom is -0.487 e. The number of hydrogen-bond acceptors (Lipinski definition) is 6. The standard InChI is InChI=1S/C25H25F3N2O6/c1-24(2,3)21(23(32)33)30-22(31)17-10-7-15-12-29-19(34-4)11-18(15)20(17)35-13-14-5-8-16(9-6-14)36-25(26,27)28/h5-12,21H,13H2,1-4H3,(H,30,31)(H,32,33). The van der Waals surface area contributed by atoms with Gasteiger partial charge in [-0.05, 0) is 29.2 Å². The highest BCUT2D eigenvalue weighted by Crippen LogP contribution is 2.33. The number of aromatic nitrogens is 1. The van der Waals surface area contributed by atoms with Crippen molar-refractivity contribution >= 4 is 22.6 Å². The number of pyridine rings is 1. The Morgan fingerprint density at radius 2 is 1.75 bits per heavy atom. The highest BCUT2D eigenvalue weighted by atomic mass is 19.4. The molecule has 36 heavy (non-hydrogen) atoms. The molecule has 1 aromatic heterocycles. The Labute approximate surface area is 205 Å². The number of alkyl halides is 3. The number of nitrogens with one attached hydrogen (secondary N) is 1. The van der Waals surface area contributed by atoms with Crippen LogP contribution in [0.15, 0.2) is 48.7 Å². The summed E-state index contributed by atoms with van der Waals surface area (Å²) in [6.45, 7) is 4.96. The van der Waals surface area contributed by atoms with Crippen molar-refractivity contribution in [3.8, 4) is 17.4 Å². The van der Waals surface area contributed by atoms with Crippen LogP contribution in [0.5, 0.6) is 17.4 Å². The van der Waals surface area contributed by atoms with Crippen LogP contribution in [-0.4, -0.2) is 41.5 Å². The van der Waals surface area contributed by atoms with Gasteiger partial charge in [0.25, 0.3) is 5.91 Å². The maximum Gasteiger partial charge on any atom is 0.573 e. The van der Waals surface area contributed by atoms with Crippen molar-refractivity contribution in [3.63, 3.8) is 0 Å². The van der Waals surface area contributed by atoms with Gasteiger partial charge in [-0.25, -0.2) is 9.78 Å². The first kappa shape index (κ1) is 26.6. The average Bonchev–Trinajstić information content (AvgIpc) is 2.79. The van der Waals surface area contributed by atoms with E-state index in [2.05, 4.69) is 15.0 Å². The van der Waals surface area contributed by atoms with Gasteiger partial charge in [-0.15, -0.1) is 13.2 Å². The van der Waals surface area contributed by atoms with E-state index in [-0.39, 0.29) is 29.5 Å². The number of carboxylic acid groups (broad SMARTS) is 1. The quantitative estimate of drug-likeness (QED) is 0.445. The first-order valence-corrected chi connectivity index (χ1v) is 10.8. The molecule has 1 unspecified atom stereocenters. The van der Waals surface area contributed by atoms with Crippen LogP contribution >= 0.6 is 0 Å². The lowest BCUT2D eigenvalue weighted by atomic mass is 9.86. The molecule has 0 aliphatic rings. The molecule has 2 aromatic carbocycles. The number of hydrogen-bond donors (Lipinski definition) is 2. The Bertz CT molecular complexity index is 1250. The van der Waals surface area contributed by atoms with E-state index >= 15 is 0 Å². The lowest BCUT2D eigenvalue weighted by Gasteiger charge is -2.28. The van der Waals surface area contributed by atoms with Crippen LogP contribution in [0.1, 0.15) is 36.7 Å². The van der Waals surface area contributed by atoms with Gasteiger partial charge < -0.3 is 24.6 Å². The molecule has 0 saturated heterocycles. The molecule has 2 N–H and O–H groups in total. The number of aliphatic carboxylic acids is 1. The fourth-order valence-corrected chi connectivity index (χ4v) is 3.42. The summed E-state index contributed by atoms with van der Waals surface area (Å²) in [7, 11) is 1.43. The Morgan fingerprint density at radius 1 is 1.08 bits per heavy atom. The molecule has 0 bridgehead atoms. The summed E-state index contributed by atoms with van der Waals surface area (Å²) in [4.78, 5) is 29.1. The zero-order valence-electron chi connectivity index (χ0n) is 20.0. The van der Waals surface area contributed by atoms with Crippen molar-refractivity contribution in [3.05, 3.63) is 59.8 Å². The first-order chi connectivity index (χ1) is 16.8. The molecule has 8 nitrogen and oxygen atoms in total. The summed E-state index contributed by atoms with van der Waals surface area (Å²) >= 11 is 0. The number of halogens is 3. The van der Waals surface area contributed by atoms with Crippen LogP contribution in [0.3, 0.4) is 0 Å². The molecule has 11 heteroatoms. The van der Waals surface area contributed by atoms with E-state index in [1.165, 1.54) is 31.5 Å². The van der Waals surface area contributed by atoms with E-state index in [0.717, 1.165) is 12.1 Å². The fourth-order valence-electron chi connectivity index (χ4n) is 3.42. The maximum absolute atomic E-state index is 13.2. The summed E-state index contributed by atoms with van der Waals surface area (Å²) in [5.74, 6) is -1.84. The monoisotopic (exact) mass is 506 g/mol. The lowest BCUT2D eigenvalue weighted by Crippen LogP contribution is -2.49. The van der Waals surface area contributed by atoms with Gasteiger partial charge in [-0.2, -0.15) is 0 Å². The number of carbonyl (C=O) groups is 2. The minimum absolute atomic E-state index is 0.0725. The Hall–Kier alpha value is -4.02. The summed E-state index contributed by atoms with van der Waals surface area (Å²) < 4.78 is 52.3. The number of carbonyl (C=O) groups excluding carboxylic acids is 1. The summed E-state index contributed by atoms with van der Waals surface area (Å²) in [6.07, 6.45) is -3.28. The van der Waals surface area contributed by atoms with Gasteiger partial charge >= 0.3 is 12.3 Å². The SMILES string of the molecule is COc1cc2c(OCc3ccc(OC(F)(F)F)cc3)c(C(=O)NC(C(=O)O)C(C)(C)C)ccc2cn1. The van der Waals surface area contributed by atoms with Crippen LogP contribution in [-0.2, 0) is 11.4 Å². The Kier molecular flexibility index (Phi) is 7.61. The molecule has 0 spiro atoms. The van der Waals surface area contributed by atoms with Crippen molar-refractivity contribution in [2.75, 3.05) is 7.11 Å². The lowest BCUT2D eigenvalue weighted by molar-refractivity contribution is -0.274. The van der Waals surface area contributed by atoms with E-state index in [1.807, 2.05) is 0 Å². The van der Waals surface area contributed by atoms with Crippen molar-refractivity contribution < 1.29 is 42.1 Å². The third-order valence-corrected chi connectivity index (χ3v) is 5.21. The smallest absolute Gasteiger partial charge is 0.487 e. The van der Waals surface area contributed by atoms with E-state index in [0.29, 0.717) is 16.3 Å². The van der Waals surface area contributed by atoms with Crippen molar-refractivity contribution in [2.24, 2.45) is 5.41 Å². The van der Waals surface area contributed by atoms with Gasteiger partial charge in [0.2, 0.25) is 5.88 Å². The van der Waals surface area contributed by atoms with Gasteiger partial charge in [0.05, 0.1) is 12.7 Å². The van der Waals surface area contributed by atoms with Gasteiger partial charge in [-0.1, -0.05) is 39.0 Å². The van der Waals surface area contributed by atoms with Crippen molar-refractivity contribution in [2.45, 2.75) is 39.8 Å². The van der Waals surface area contributed by atoms with Gasteiger partial charge in [0.1, 0.15) is 24.1 Å². The van der Waals surface area contributed by atoms with E-state index in [1.54, 1.807) is 32.9 Å². The second-order valence-corrected chi connectivity index (χ2v) is 8.98. The zero-order valence-corrected chi connectivity index (χ0v) is 20.0. The molecule has 1 heterocycles. The number of fused-ring (bicyclic) bond motifs is 1. The molecular formula is C25H25F3N2O6. The van der Waals surface area contributed by atoms with Crippen LogP contribution < -0.4 is 19.5 Å². The van der Waals surface area contributed by atoms with E-state index in [9.17, 15) is 27.9 Å². The summed E-state index contributed by atoms with van der Waals surface area (Å²) in [6, 6.07) is 8.61. The highest BCUT2D eigenvalue weighted by Gasteiger charge is 2.34. The van der Waals surface area contributed by atoms with E-state index < -0.39 is 29.7 Å². The molecule has 1 atom stereocenters. The van der Waals surface area contributed by atoms with Crippen LogP contribution in [0.4, 0.5) is 13.2 Å². The number of carboxylic acids is 1. The third kappa shape index (κ3) is 6.55. The topological polar surface area (TPSA) is 107 Å². The molecule has 0 saturated carbocycles. The van der Waals surface area contributed by atoms with Gasteiger partial charge in [0.15, 0.2) is 0 Å². The molecular weight excluding hydrogens is 481 g/mol. The minimum atomic E-state index is -4.81. The molecule has 0 fully saturated rings. The Balaban J connectivity index is 1.96. The largest absolute Gasteiger partial charge is 0.573 e. The molecule has 0 radical (unpaired) electrons. The van der Waals surface area contributed by atoms with Crippen molar-refractivity contribution in [1.29, 1.82) is 0 Å². The van der Waals surface area contributed by atoms with E-state index in [4.69, 9.17) is 9.47 Å². The Morgan fingerprint density at radius 3 is 2.31 bits per heavy atom. The summed E-state index contributed by atoms with van der Waals surface area (Å²) in [5.41, 5.74) is -0.192. The molecule has 3 rings (SSSR count). The average molecular weight is 506 g/mol. The predicted molar refractivity (Wildman–Crippen MR) is 124 cm³/mol. The molecule has 1 amide bonds. The number of methoxy groups -OCH3 is 1. The fraction of sp³-hybridized carbons (Fsp3) is 0.320. The van der Waals surface area contributed by atoms with Crippen molar-refractivity contribution in [1.82, 2.24) is 10.3 Å². The van der Waals surface area contributed by atoms with Crippen LogP contribution in [0.2, 0.25) is 0 Å². The normalized spacial score (nSPS) is 12.6. The highest BCUT2D eigenvalue weighted by molar-refractivity contribution is 6.05. The zero-order chi connectivity index (χ0) is 26.7. The van der Waals surface area contributed by atoms with Gasteiger partial charge in [0, 0.05) is 23.0 Å². The molecule has 3 aromatic rings. The van der Waals surface area contributed by atoms with Crippen LogP contribution in [0.25, 0.3) is 10.8 Å². The maximum atomic E-state index is 13.2. The molecule has 0 aliphatic carbocycles. The number of amides is 1. The number of ether oxygens (including phenoxy) is 3. The van der Waals surface area contributed by atoms with Crippen LogP contribution in [0, 0.1) is 5.41 Å². The number of nitrogens with zero attached hydrogens (tertiary/aromatic N) is 1. The summed E-state index contributed by atoms with van der Waals surface area (Å²) in [5, 5.41) is 13.3. The molecule has 192 valence electrons. The second-order valence-electron chi connectivity index (χ2n) is 8.98.